The number of hydrogen-bond acceptors (Lipinski definition) is 6. The summed E-state index contributed by atoms with van der Waals surface area (Å²) in [6.45, 7) is 0. The molecule has 1 fully saturated rings. The standard InChI is InChI=1S/C21H20F3N3O4/c1-29-14-9-13(10-15(30-2)17(14)31-3)27-18(12-7-5-4-6-8-12)20(19(27)28)11-16(25-26-20)21(22,23)24/h4-10,18,26H,11H2,1-3H3. The number of carbonyl (C=O) groups excluding carboxylic acids is 1. The molecule has 10 heteroatoms. The van der Waals surface area contributed by atoms with Gasteiger partial charge in [-0.1, -0.05) is 30.3 Å². The van der Waals surface area contributed by atoms with Crippen molar-refractivity contribution in [2.75, 3.05) is 26.2 Å². The molecule has 0 radical (unpaired) electrons. The fourth-order valence-electron chi connectivity index (χ4n) is 4.10. The van der Waals surface area contributed by atoms with Crippen LogP contribution in [0.2, 0.25) is 0 Å². The highest BCUT2D eigenvalue weighted by Crippen LogP contribution is 2.53. The van der Waals surface area contributed by atoms with E-state index in [9.17, 15) is 18.0 Å². The second-order valence-corrected chi connectivity index (χ2v) is 7.19. The Hall–Kier alpha value is -3.43. The van der Waals surface area contributed by atoms with Gasteiger partial charge in [0.25, 0.3) is 5.91 Å². The number of ether oxygens (including phenoxy) is 3. The van der Waals surface area contributed by atoms with Gasteiger partial charge < -0.3 is 14.2 Å². The lowest BCUT2D eigenvalue weighted by Crippen LogP contribution is -2.73. The van der Waals surface area contributed by atoms with Gasteiger partial charge in [-0.05, 0) is 5.56 Å². The molecule has 1 saturated heterocycles. The van der Waals surface area contributed by atoms with E-state index in [1.165, 1.54) is 26.2 Å². The molecule has 7 nitrogen and oxygen atoms in total. The molecule has 1 spiro atoms. The average molecular weight is 435 g/mol. The first kappa shape index (κ1) is 20.8. The van der Waals surface area contributed by atoms with Crippen LogP contribution >= 0.6 is 0 Å². The largest absolute Gasteiger partial charge is 0.493 e. The topological polar surface area (TPSA) is 72.4 Å². The molecule has 2 unspecified atom stereocenters. The zero-order valence-electron chi connectivity index (χ0n) is 17.0. The molecule has 0 aliphatic carbocycles. The van der Waals surface area contributed by atoms with Crippen molar-refractivity contribution in [1.29, 1.82) is 0 Å². The van der Waals surface area contributed by atoms with Crippen LogP contribution in [0, 0.1) is 0 Å². The minimum Gasteiger partial charge on any atom is -0.493 e. The van der Waals surface area contributed by atoms with E-state index in [4.69, 9.17) is 14.2 Å². The molecule has 2 aromatic rings. The van der Waals surface area contributed by atoms with Crippen molar-refractivity contribution in [3.05, 3.63) is 48.0 Å². The van der Waals surface area contributed by atoms with Crippen LogP contribution in [0.3, 0.4) is 0 Å². The third kappa shape index (κ3) is 3.13. The predicted octanol–water partition coefficient (Wildman–Crippen LogP) is 3.45. The summed E-state index contributed by atoms with van der Waals surface area (Å²) in [5, 5.41) is 3.46. The quantitative estimate of drug-likeness (QED) is 0.729. The number of amides is 1. The number of β-lactam (4-membered cyclic amide) rings is 1. The molecular weight excluding hydrogens is 415 g/mol. The molecule has 2 heterocycles. The number of hydrogen-bond donors (Lipinski definition) is 1. The summed E-state index contributed by atoms with van der Waals surface area (Å²) < 4.78 is 55.9. The van der Waals surface area contributed by atoms with Crippen molar-refractivity contribution >= 4 is 17.3 Å². The van der Waals surface area contributed by atoms with Gasteiger partial charge in [0.1, 0.15) is 5.71 Å². The van der Waals surface area contributed by atoms with E-state index in [-0.39, 0.29) is 0 Å². The van der Waals surface area contributed by atoms with Crippen LogP contribution in [-0.4, -0.2) is 44.7 Å². The molecule has 164 valence electrons. The number of nitrogens with one attached hydrogen (secondary N) is 1. The van der Waals surface area contributed by atoms with Gasteiger partial charge in [0, 0.05) is 18.6 Å². The third-order valence-corrected chi connectivity index (χ3v) is 5.53. The molecule has 0 saturated carbocycles. The van der Waals surface area contributed by atoms with Crippen molar-refractivity contribution < 1.29 is 32.2 Å². The van der Waals surface area contributed by atoms with Crippen LogP contribution in [0.15, 0.2) is 47.6 Å². The van der Waals surface area contributed by atoms with Gasteiger partial charge in [-0.2, -0.15) is 18.3 Å². The van der Waals surface area contributed by atoms with E-state index >= 15 is 0 Å². The first-order valence-electron chi connectivity index (χ1n) is 9.36. The van der Waals surface area contributed by atoms with E-state index in [1.54, 1.807) is 42.5 Å². The lowest BCUT2D eigenvalue weighted by molar-refractivity contribution is -0.134. The van der Waals surface area contributed by atoms with Crippen molar-refractivity contribution in [3.8, 4) is 17.2 Å². The van der Waals surface area contributed by atoms with Crippen molar-refractivity contribution in [1.82, 2.24) is 5.43 Å². The first-order valence-corrected chi connectivity index (χ1v) is 9.36. The van der Waals surface area contributed by atoms with Crippen molar-refractivity contribution in [2.24, 2.45) is 5.10 Å². The maximum absolute atomic E-state index is 13.3. The van der Waals surface area contributed by atoms with Crippen LogP contribution in [0.5, 0.6) is 17.2 Å². The van der Waals surface area contributed by atoms with Crippen molar-refractivity contribution in [2.45, 2.75) is 24.2 Å². The SMILES string of the molecule is COc1cc(N2C(=O)C3(CC(C(F)(F)F)=NN3)C2c2ccccc2)cc(OC)c1OC. The van der Waals surface area contributed by atoms with Crippen LogP contribution < -0.4 is 24.5 Å². The Bertz CT molecular complexity index is 1020. The Labute approximate surface area is 176 Å². The number of anilines is 1. The number of benzene rings is 2. The number of hydrazone groups is 1. The number of rotatable bonds is 5. The van der Waals surface area contributed by atoms with Gasteiger partial charge in [0.15, 0.2) is 17.0 Å². The predicted molar refractivity (Wildman–Crippen MR) is 107 cm³/mol. The highest BCUT2D eigenvalue weighted by Gasteiger charge is 2.66. The lowest BCUT2D eigenvalue weighted by atomic mass is 9.72. The van der Waals surface area contributed by atoms with Crippen LogP contribution in [-0.2, 0) is 4.79 Å². The highest BCUT2D eigenvalue weighted by molar-refractivity contribution is 6.13. The fraction of sp³-hybridized carbons (Fsp3) is 0.333. The summed E-state index contributed by atoms with van der Waals surface area (Å²) in [5.41, 5.74) is 1.04. The summed E-state index contributed by atoms with van der Waals surface area (Å²) in [6, 6.07) is 11.3. The molecule has 2 aliphatic rings. The maximum Gasteiger partial charge on any atom is 0.431 e. The average Bonchev–Trinajstić information content (AvgIpc) is 3.25. The third-order valence-electron chi connectivity index (χ3n) is 5.53. The van der Waals surface area contributed by atoms with E-state index in [0.717, 1.165) is 0 Å². The normalized spacial score (nSPS) is 22.6. The zero-order chi connectivity index (χ0) is 22.4. The monoisotopic (exact) mass is 435 g/mol. The van der Waals surface area contributed by atoms with E-state index in [1.807, 2.05) is 0 Å². The fourth-order valence-corrected chi connectivity index (χ4v) is 4.10. The second-order valence-electron chi connectivity index (χ2n) is 7.19. The van der Waals surface area contributed by atoms with Crippen LogP contribution in [0.25, 0.3) is 0 Å². The molecule has 2 aliphatic heterocycles. The molecule has 2 atom stereocenters. The smallest absolute Gasteiger partial charge is 0.431 e. The molecule has 4 rings (SSSR count). The summed E-state index contributed by atoms with van der Waals surface area (Å²) >= 11 is 0. The Balaban J connectivity index is 1.80. The molecule has 1 N–H and O–H groups in total. The Morgan fingerprint density at radius 3 is 2.16 bits per heavy atom. The molecule has 2 aromatic carbocycles. The van der Waals surface area contributed by atoms with Crippen LogP contribution in [0.4, 0.5) is 18.9 Å². The van der Waals surface area contributed by atoms with Gasteiger partial charge in [-0.25, -0.2) is 0 Å². The minimum atomic E-state index is -4.62. The second kappa shape index (κ2) is 7.36. The van der Waals surface area contributed by atoms with Crippen LogP contribution in [0.1, 0.15) is 18.0 Å². The lowest BCUT2D eigenvalue weighted by Gasteiger charge is -2.54. The molecular formula is C21H20F3N3O4. The van der Waals surface area contributed by atoms with Crippen molar-refractivity contribution in [3.63, 3.8) is 0 Å². The van der Waals surface area contributed by atoms with E-state index in [0.29, 0.717) is 28.5 Å². The maximum atomic E-state index is 13.3. The summed E-state index contributed by atoms with van der Waals surface area (Å²) in [4.78, 5) is 14.7. The number of methoxy groups -OCH3 is 3. The number of halogens is 3. The molecule has 0 bridgehead atoms. The highest BCUT2D eigenvalue weighted by atomic mass is 19.4. The number of alkyl halides is 3. The summed E-state index contributed by atoms with van der Waals surface area (Å²) in [6.07, 6.45) is -5.18. The minimum absolute atomic E-state index is 0.323. The van der Waals surface area contributed by atoms with Gasteiger partial charge in [-0.3, -0.25) is 15.1 Å². The first-order chi connectivity index (χ1) is 14.8. The summed E-state index contributed by atoms with van der Waals surface area (Å²) in [7, 11) is 4.34. The van der Waals surface area contributed by atoms with Gasteiger partial charge in [0.05, 0.1) is 33.1 Å². The summed E-state index contributed by atoms with van der Waals surface area (Å²) in [5.74, 6) is 0.459. The molecule has 0 aromatic heterocycles. The molecule has 1 amide bonds. The van der Waals surface area contributed by atoms with E-state index in [2.05, 4.69) is 10.5 Å². The zero-order valence-corrected chi connectivity index (χ0v) is 17.0. The van der Waals surface area contributed by atoms with Gasteiger partial charge in [-0.15, -0.1) is 0 Å². The Morgan fingerprint density at radius 2 is 1.68 bits per heavy atom. The molecule has 31 heavy (non-hydrogen) atoms. The van der Waals surface area contributed by atoms with E-state index < -0.39 is 35.8 Å². The Kier molecular flexibility index (Phi) is 4.95. The van der Waals surface area contributed by atoms with Gasteiger partial charge >= 0.3 is 6.18 Å². The Morgan fingerprint density at radius 1 is 1.06 bits per heavy atom. The van der Waals surface area contributed by atoms with Gasteiger partial charge in [0.2, 0.25) is 5.75 Å². The number of nitrogens with zero attached hydrogens (tertiary/aromatic N) is 2. The number of carbonyl (C=O) groups is 1.